The molecule has 0 saturated heterocycles. The van der Waals surface area contributed by atoms with Crippen LogP contribution in [0.25, 0.3) is 0 Å². The van der Waals surface area contributed by atoms with Gasteiger partial charge in [-0.3, -0.25) is 0 Å². The third kappa shape index (κ3) is 4.32. The molecule has 2 N–H and O–H groups in total. The van der Waals surface area contributed by atoms with E-state index in [1.807, 2.05) is 24.3 Å². The summed E-state index contributed by atoms with van der Waals surface area (Å²) in [6.07, 6.45) is 0.928. The summed E-state index contributed by atoms with van der Waals surface area (Å²) in [6.45, 7) is 3.22. The van der Waals surface area contributed by atoms with Crippen molar-refractivity contribution in [3.05, 3.63) is 29.8 Å². The largest absolute Gasteiger partial charge is 0.492 e. The van der Waals surface area contributed by atoms with Crippen molar-refractivity contribution in [2.45, 2.75) is 26.0 Å². The normalized spacial score (nSPS) is 12.5. The van der Waals surface area contributed by atoms with E-state index in [2.05, 4.69) is 6.92 Å². The van der Waals surface area contributed by atoms with E-state index in [1.54, 1.807) is 7.11 Å². The molecule has 3 heteroatoms. The van der Waals surface area contributed by atoms with Crippen LogP contribution >= 0.6 is 0 Å². The lowest BCUT2D eigenvalue weighted by atomic mass is 10.2. The first-order valence-electron chi connectivity index (χ1n) is 5.22. The minimum absolute atomic E-state index is 0.107. The maximum Gasteiger partial charge on any atom is 0.119 e. The molecule has 0 radical (unpaired) electrons. The average molecular weight is 209 g/mol. The Kier molecular flexibility index (Phi) is 5.15. The average Bonchev–Trinajstić information content (AvgIpc) is 2.27. The van der Waals surface area contributed by atoms with Gasteiger partial charge in [0.25, 0.3) is 0 Å². The second-order valence-electron chi connectivity index (χ2n) is 3.56. The summed E-state index contributed by atoms with van der Waals surface area (Å²) in [5.41, 5.74) is 6.88. The highest BCUT2D eigenvalue weighted by atomic mass is 16.5. The van der Waals surface area contributed by atoms with Crippen molar-refractivity contribution in [1.82, 2.24) is 0 Å². The summed E-state index contributed by atoms with van der Waals surface area (Å²) in [5.74, 6) is 0.855. The molecule has 1 unspecified atom stereocenters. The van der Waals surface area contributed by atoms with Crippen LogP contribution in [0.3, 0.4) is 0 Å². The second kappa shape index (κ2) is 6.43. The highest BCUT2D eigenvalue weighted by Gasteiger charge is 2.01. The lowest BCUT2D eigenvalue weighted by Crippen LogP contribution is -2.26. The number of rotatable bonds is 6. The SMILES string of the molecule is CCC(N)COc1cccc(COC)c1. The molecule has 15 heavy (non-hydrogen) atoms. The van der Waals surface area contributed by atoms with Gasteiger partial charge in [-0.1, -0.05) is 19.1 Å². The van der Waals surface area contributed by atoms with Gasteiger partial charge in [-0.2, -0.15) is 0 Å². The van der Waals surface area contributed by atoms with Crippen molar-refractivity contribution >= 4 is 0 Å². The lowest BCUT2D eigenvalue weighted by Gasteiger charge is -2.11. The Balaban J connectivity index is 2.50. The Labute approximate surface area is 91.2 Å². The highest BCUT2D eigenvalue weighted by molar-refractivity contribution is 5.28. The van der Waals surface area contributed by atoms with Crippen LogP contribution in [-0.2, 0) is 11.3 Å². The Morgan fingerprint density at radius 3 is 2.87 bits per heavy atom. The van der Waals surface area contributed by atoms with Crippen molar-refractivity contribution in [2.24, 2.45) is 5.73 Å². The molecular formula is C12H19NO2. The van der Waals surface area contributed by atoms with Crippen molar-refractivity contribution in [2.75, 3.05) is 13.7 Å². The Morgan fingerprint density at radius 2 is 2.20 bits per heavy atom. The topological polar surface area (TPSA) is 44.5 Å². The van der Waals surface area contributed by atoms with Crippen LogP contribution in [0.1, 0.15) is 18.9 Å². The molecule has 1 aromatic carbocycles. The Bertz CT molecular complexity index is 289. The van der Waals surface area contributed by atoms with Crippen LogP contribution in [-0.4, -0.2) is 19.8 Å². The second-order valence-corrected chi connectivity index (χ2v) is 3.56. The van der Waals surface area contributed by atoms with E-state index < -0.39 is 0 Å². The van der Waals surface area contributed by atoms with Crippen molar-refractivity contribution in [3.63, 3.8) is 0 Å². The summed E-state index contributed by atoms with van der Waals surface area (Å²) in [5, 5.41) is 0. The molecule has 0 spiro atoms. The summed E-state index contributed by atoms with van der Waals surface area (Å²) < 4.78 is 10.6. The van der Waals surface area contributed by atoms with Gasteiger partial charge in [0.1, 0.15) is 12.4 Å². The van der Waals surface area contributed by atoms with Gasteiger partial charge in [-0.05, 0) is 24.1 Å². The first-order valence-corrected chi connectivity index (χ1v) is 5.22. The van der Waals surface area contributed by atoms with Gasteiger partial charge in [0.05, 0.1) is 6.61 Å². The van der Waals surface area contributed by atoms with Gasteiger partial charge in [-0.25, -0.2) is 0 Å². The van der Waals surface area contributed by atoms with E-state index in [4.69, 9.17) is 15.2 Å². The first-order chi connectivity index (χ1) is 7.26. The molecule has 84 valence electrons. The number of ether oxygens (including phenoxy) is 2. The zero-order valence-electron chi connectivity index (χ0n) is 9.40. The van der Waals surface area contributed by atoms with Crippen molar-refractivity contribution < 1.29 is 9.47 Å². The predicted molar refractivity (Wildman–Crippen MR) is 60.9 cm³/mol. The number of benzene rings is 1. The smallest absolute Gasteiger partial charge is 0.119 e. The monoisotopic (exact) mass is 209 g/mol. The zero-order chi connectivity index (χ0) is 11.1. The molecule has 0 saturated carbocycles. The molecule has 0 amide bonds. The van der Waals surface area contributed by atoms with E-state index in [-0.39, 0.29) is 6.04 Å². The quantitative estimate of drug-likeness (QED) is 0.778. The number of hydrogen-bond donors (Lipinski definition) is 1. The van der Waals surface area contributed by atoms with Gasteiger partial charge in [0.2, 0.25) is 0 Å². The minimum atomic E-state index is 0.107. The van der Waals surface area contributed by atoms with E-state index >= 15 is 0 Å². The van der Waals surface area contributed by atoms with E-state index in [9.17, 15) is 0 Å². The minimum Gasteiger partial charge on any atom is -0.492 e. The summed E-state index contributed by atoms with van der Waals surface area (Å²) >= 11 is 0. The van der Waals surface area contributed by atoms with E-state index in [0.29, 0.717) is 13.2 Å². The third-order valence-electron chi connectivity index (χ3n) is 2.20. The van der Waals surface area contributed by atoms with Crippen LogP contribution in [0.2, 0.25) is 0 Å². The number of nitrogens with two attached hydrogens (primary N) is 1. The van der Waals surface area contributed by atoms with Crippen LogP contribution in [0, 0.1) is 0 Å². The molecule has 0 heterocycles. The Morgan fingerprint density at radius 1 is 1.40 bits per heavy atom. The lowest BCUT2D eigenvalue weighted by molar-refractivity contribution is 0.184. The molecule has 0 fully saturated rings. The third-order valence-corrected chi connectivity index (χ3v) is 2.20. The number of methoxy groups -OCH3 is 1. The summed E-state index contributed by atoms with van der Waals surface area (Å²) in [6, 6.07) is 7.99. The molecular weight excluding hydrogens is 190 g/mol. The molecule has 0 aliphatic heterocycles. The molecule has 1 rings (SSSR count). The fourth-order valence-electron chi connectivity index (χ4n) is 1.21. The van der Waals surface area contributed by atoms with Crippen LogP contribution in [0.15, 0.2) is 24.3 Å². The standard InChI is InChI=1S/C12H19NO2/c1-3-11(13)9-15-12-6-4-5-10(7-12)8-14-2/h4-7,11H,3,8-9,13H2,1-2H3. The number of hydrogen-bond acceptors (Lipinski definition) is 3. The summed E-state index contributed by atoms with van der Waals surface area (Å²) in [7, 11) is 1.68. The Hall–Kier alpha value is -1.06. The highest BCUT2D eigenvalue weighted by Crippen LogP contribution is 2.14. The molecule has 3 nitrogen and oxygen atoms in total. The van der Waals surface area contributed by atoms with Gasteiger partial charge >= 0.3 is 0 Å². The zero-order valence-corrected chi connectivity index (χ0v) is 9.40. The van der Waals surface area contributed by atoms with Gasteiger partial charge in [0, 0.05) is 13.2 Å². The van der Waals surface area contributed by atoms with Gasteiger partial charge in [-0.15, -0.1) is 0 Å². The van der Waals surface area contributed by atoms with Crippen LogP contribution < -0.4 is 10.5 Å². The fraction of sp³-hybridized carbons (Fsp3) is 0.500. The maximum atomic E-state index is 5.77. The molecule has 0 aromatic heterocycles. The molecule has 1 aromatic rings. The van der Waals surface area contributed by atoms with E-state index in [1.165, 1.54) is 0 Å². The summed E-state index contributed by atoms with van der Waals surface area (Å²) in [4.78, 5) is 0. The van der Waals surface area contributed by atoms with Crippen molar-refractivity contribution in [3.8, 4) is 5.75 Å². The van der Waals surface area contributed by atoms with Gasteiger partial charge in [0.15, 0.2) is 0 Å². The van der Waals surface area contributed by atoms with Crippen LogP contribution in [0.5, 0.6) is 5.75 Å². The molecule has 0 aliphatic rings. The molecule has 0 aliphatic carbocycles. The fourth-order valence-corrected chi connectivity index (χ4v) is 1.21. The van der Waals surface area contributed by atoms with Crippen molar-refractivity contribution in [1.29, 1.82) is 0 Å². The van der Waals surface area contributed by atoms with E-state index in [0.717, 1.165) is 17.7 Å². The maximum absolute atomic E-state index is 5.77. The van der Waals surface area contributed by atoms with Gasteiger partial charge < -0.3 is 15.2 Å². The molecule has 0 bridgehead atoms. The predicted octanol–water partition coefficient (Wildman–Crippen LogP) is 1.95. The molecule has 1 atom stereocenters. The first kappa shape index (κ1) is 12.0. The van der Waals surface area contributed by atoms with Crippen LogP contribution in [0.4, 0.5) is 0 Å².